The number of carbonyl (C=O) groups excluding carboxylic acids is 12. The molecule has 0 radical (unpaired) electrons. The van der Waals surface area contributed by atoms with Crippen LogP contribution in [0.5, 0.6) is 0 Å². The molecule has 7 aliphatic rings. The molecule has 0 aromatic heterocycles. The summed E-state index contributed by atoms with van der Waals surface area (Å²) in [5, 5.41) is 7.42. The monoisotopic (exact) mass is 1510 g/mol. The Morgan fingerprint density at radius 1 is 0.571 bits per heavy atom. The zero-order chi connectivity index (χ0) is 78.1. The third-order valence-electron chi connectivity index (χ3n) is 24.5. The van der Waals surface area contributed by atoms with E-state index in [4.69, 9.17) is 11.6 Å². The van der Waals surface area contributed by atoms with Crippen LogP contribution in [0.4, 0.5) is 26.3 Å². The third kappa shape index (κ3) is 20.5. The summed E-state index contributed by atoms with van der Waals surface area (Å²) in [6, 6.07) is -11.7. The maximum Gasteiger partial charge on any atom is 0.393 e. The average Bonchev–Trinajstić information content (AvgIpc) is 1.71. The standard InChI is InChI=1S/C74H117ClF6N12O12/c1-14-44(5)60-69(103)86(9)46(7)64(98)93-38-32-55(93)67(101)88(11)56(40-48-23-27-49(28-24-48)73(76,77)78)66(100)85(8)42-58(94)82-52(30-26-47-25-29-50(51(75)39-47)74(79,80)81)65(99)92-37-20-21-54(92)63(97)84-72(33-16-17-34-72)71(105)90(13)61(45(6)15-2)70(104)89(12)57(68(102)91-35-18-19-36-91)41-59(95)87(10)53(62(96)83-60)31-22-43(3)4/h43-57,60-61H,14-42H2,1-13H3,(H,82,94)(H,83,96)(H,84,97)/t44-,45-,46-,47?,48?,49?,50?,51?,52-,53-,54-,55-,56-,57-,60-,61-/m0/s1. The van der Waals surface area contributed by atoms with Crippen molar-refractivity contribution in [1.82, 2.24) is 60.0 Å². The Labute approximate surface area is 620 Å². The Balaban J connectivity index is 1.29. The lowest BCUT2D eigenvalue weighted by Crippen LogP contribution is -2.65. The summed E-state index contributed by atoms with van der Waals surface area (Å²) >= 11 is 6.39. The highest BCUT2D eigenvalue weighted by Gasteiger charge is 2.53. The van der Waals surface area contributed by atoms with Gasteiger partial charge in [-0.05, 0) is 159 Å². The number of amides is 12. The van der Waals surface area contributed by atoms with Crippen molar-refractivity contribution in [3.63, 3.8) is 0 Å². The van der Waals surface area contributed by atoms with Crippen LogP contribution >= 0.6 is 11.6 Å². The lowest BCUT2D eigenvalue weighted by Gasteiger charge is -2.45. The molecule has 31 heteroatoms. The van der Waals surface area contributed by atoms with Crippen LogP contribution in [0.2, 0.25) is 0 Å². The van der Waals surface area contributed by atoms with Crippen LogP contribution < -0.4 is 16.0 Å². The second kappa shape index (κ2) is 36.6. The van der Waals surface area contributed by atoms with Crippen molar-refractivity contribution in [2.45, 2.75) is 280 Å². The second-order valence-corrected chi connectivity index (χ2v) is 32.5. The number of alkyl halides is 7. The van der Waals surface area contributed by atoms with Gasteiger partial charge in [0.2, 0.25) is 70.9 Å². The SMILES string of the molecule is CC[C@H](C)[C@@H]1NC(=O)[C@H](CCC(C)C)N(C)C(=O)C[C@@H](C(=O)N2CCCC2)N(C)C(=O)[C@H]([C@@H](C)CC)N(C)C(=O)C2(CCCC2)NC(=O)[C@@H]2CCCN2C(=O)[C@H](CCC2CCC(C(F)(F)F)C(Cl)C2)NC(=O)CN(C)C(=O)[C@H](CC2CCC(C(F)(F)F)CC2)N(C)C(=O)[C@@H]2CCN2C(=O)[C@H](C)N(C)C1=O. The molecule has 594 valence electrons. The predicted molar refractivity (Wildman–Crippen MR) is 379 cm³/mol. The Bertz CT molecular complexity index is 3110. The molecule has 3 saturated carbocycles. The van der Waals surface area contributed by atoms with Gasteiger partial charge < -0.3 is 60.0 Å². The molecule has 14 atom stereocenters. The lowest BCUT2D eigenvalue weighted by atomic mass is 9.78. The van der Waals surface area contributed by atoms with E-state index >= 15 is 33.6 Å². The topological polar surface area (TPSA) is 270 Å². The van der Waals surface area contributed by atoms with E-state index in [1.54, 1.807) is 18.7 Å². The summed E-state index contributed by atoms with van der Waals surface area (Å²) in [5.41, 5.74) is -1.61. The molecular formula is C74H117ClF6N12O12. The van der Waals surface area contributed by atoms with Crippen molar-refractivity contribution in [3.8, 4) is 0 Å². The van der Waals surface area contributed by atoms with Gasteiger partial charge in [-0.1, -0.05) is 67.2 Å². The Kier molecular flexibility index (Phi) is 29.9. The van der Waals surface area contributed by atoms with E-state index in [-0.39, 0.29) is 115 Å². The molecule has 0 aromatic rings. The molecular weight excluding hydrogens is 1400 g/mol. The lowest BCUT2D eigenvalue weighted by molar-refractivity contribution is -0.184. The van der Waals surface area contributed by atoms with Crippen LogP contribution in [0.15, 0.2) is 0 Å². The summed E-state index contributed by atoms with van der Waals surface area (Å²) < 4.78 is 84.2. The Morgan fingerprint density at radius 3 is 1.74 bits per heavy atom. The molecule has 12 amide bonds. The summed E-state index contributed by atoms with van der Waals surface area (Å²) in [6.45, 7) is 12.5. The van der Waals surface area contributed by atoms with E-state index in [0.717, 1.165) is 9.80 Å². The first kappa shape index (κ1) is 85.8. The molecule has 4 saturated heterocycles. The maximum atomic E-state index is 15.6. The molecule has 7 rings (SSSR count). The van der Waals surface area contributed by atoms with Crippen LogP contribution in [0.25, 0.3) is 0 Å². The van der Waals surface area contributed by atoms with Gasteiger partial charge in [0.05, 0.1) is 24.8 Å². The van der Waals surface area contributed by atoms with Crippen LogP contribution in [0.1, 0.15) is 203 Å². The van der Waals surface area contributed by atoms with Crippen molar-refractivity contribution in [2.75, 3.05) is 75.0 Å². The molecule has 4 heterocycles. The second-order valence-electron chi connectivity index (χ2n) is 31.9. The number of nitrogens with one attached hydrogen (secondary N) is 3. The van der Waals surface area contributed by atoms with E-state index < -0.39 is 197 Å². The quantitative estimate of drug-likeness (QED) is 0.121. The summed E-state index contributed by atoms with van der Waals surface area (Å²) in [6.07, 6.45) is -6.06. The number of hydrogen-bond donors (Lipinski definition) is 3. The minimum Gasteiger partial charge on any atom is -0.343 e. The largest absolute Gasteiger partial charge is 0.393 e. The van der Waals surface area contributed by atoms with E-state index in [0.29, 0.717) is 64.5 Å². The van der Waals surface area contributed by atoms with Gasteiger partial charge in [0, 0.05) is 73.8 Å². The van der Waals surface area contributed by atoms with E-state index in [1.165, 1.54) is 78.6 Å². The zero-order valence-corrected chi connectivity index (χ0v) is 64.6. The minimum atomic E-state index is -4.55. The highest BCUT2D eigenvalue weighted by molar-refractivity contribution is 6.21. The van der Waals surface area contributed by atoms with Gasteiger partial charge in [0.15, 0.2) is 0 Å². The van der Waals surface area contributed by atoms with Gasteiger partial charge in [-0.15, -0.1) is 11.6 Å². The number of carbonyl (C=O) groups is 12. The number of fused-ring (bicyclic) bond motifs is 2. The van der Waals surface area contributed by atoms with Gasteiger partial charge in [-0.3, -0.25) is 57.5 Å². The number of nitrogens with zero attached hydrogens (tertiary/aromatic N) is 9. The molecule has 7 fully saturated rings. The van der Waals surface area contributed by atoms with Crippen molar-refractivity contribution in [1.29, 1.82) is 0 Å². The smallest absolute Gasteiger partial charge is 0.343 e. The Morgan fingerprint density at radius 2 is 1.18 bits per heavy atom. The summed E-state index contributed by atoms with van der Waals surface area (Å²) in [5.74, 6) is -13.7. The van der Waals surface area contributed by atoms with Crippen molar-refractivity contribution in [2.24, 2.45) is 41.4 Å². The molecule has 3 unspecified atom stereocenters. The van der Waals surface area contributed by atoms with E-state index in [1.807, 2.05) is 27.7 Å². The average molecular weight is 1520 g/mol. The fourth-order valence-corrected chi connectivity index (χ4v) is 17.4. The van der Waals surface area contributed by atoms with E-state index in [9.17, 15) is 50.3 Å². The van der Waals surface area contributed by atoms with Crippen LogP contribution in [-0.4, -0.2) is 268 Å². The first-order valence-electron chi connectivity index (χ1n) is 38.4. The first-order chi connectivity index (χ1) is 49.2. The normalized spacial score (nSPS) is 31.6. The summed E-state index contributed by atoms with van der Waals surface area (Å²) in [4.78, 5) is 192. The van der Waals surface area contributed by atoms with Crippen LogP contribution in [0, 0.1) is 41.4 Å². The Hall–Kier alpha value is -6.49. The van der Waals surface area contributed by atoms with Gasteiger partial charge in [-0.2, -0.15) is 26.3 Å². The maximum absolute atomic E-state index is 15.6. The van der Waals surface area contributed by atoms with Gasteiger partial charge in [0.25, 0.3) is 0 Å². The van der Waals surface area contributed by atoms with Crippen molar-refractivity contribution >= 4 is 82.5 Å². The molecule has 24 nitrogen and oxygen atoms in total. The minimum absolute atomic E-state index is 0.00465. The fraction of sp³-hybridized carbons (Fsp3) is 0.838. The third-order valence-corrected chi connectivity index (χ3v) is 25.0. The van der Waals surface area contributed by atoms with Gasteiger partial charge >= 0.3 is 12.4 Å². The van der Waals surface area contributed by atoms with Crippen molar-refractivity contribution < 1.29 is 83.9 Å². The number of halogens is 7. The molecule has 0 aromatic carbocycles. The van der Waals surface area contributed by atoms with E-state index in [2.05, 4.69) is 16.0 Å². The highest BCUT2D eigenvalue weighted by Crippen LogP contribution is 2.45. The highest BCUT2D eigenvalue weighted by atomic mass is 35.5. The molecule has 0 bridgehead atoms. The predicted octanol–water partition coefficient (Wildman–Crippen LogP) is 7.27. The number of rotatable bonds is 13. The van der Waals surface area contributed by atoms with Crippen molar-refractivity contribution in [3.05, 3.63) is 0 Å². The number of hydrogen-bond acceptors (Lipinski definition) is 12. The summed E-state index contributed by atoms with van der Waals surface area (Å²) in [7, 11) is 8.26. The number of likely N-dealkylation sites (N-methyl/N-ethyl adjacent to an activating group) is 6. The van der Waals surface area contributed by atoms with Crippen LogP contribution in [-0.2, 0) is 57.5 Å². The first-order valence-corrected chi connectivity index (χ1v) is 38.8. The molecule has 4 aliphatic heterocycles. The molecule has 105 heavy (non-hydrogen) atoms. The zero-order valence-electron chi connectivity index (χ0n) is 63.9. The van der Waals surface area contributed by atoms with Crippen LogP contribution in [0.3, 0.4) is 0 Å². The fourth-order valence-electron chi connectivity index (χ4n) is 16.8. The van der Waals surface area contributed by atoms with Gasteiger partial charge in [-0.25, -0.2) is 0 Å². The van der Waals surface area contributed by atoms with Gasteiger partial charge in [0.1, 0.15) is 59.9 Å². The molecule has 1 spiro atoms. The number of likely N-dealkylation sites (tertiary alicyclic amines) is 1. The molecule has 3 aliphatic carbocycles. The molecule has 3 N–H and O–H groups in total.